The summed E-state index contributed by atoms with van der Waals surface area (Å²) in [6.07, 6.45) is 1.26. The van der Waals surface area contributed by atoms with Crippen molar-refractivity contribution in [2.24, 2.45) is 5.84 Å². The number of pyridine rings is 1. The fourth-order valence-corrected chi connectivity index (χ4v) is 0.591. The average molecular weight is 170 g/mol. The Bertz CT molecular complexity index is 239. The molecule has 0 aliphatic carbocycles. The van der Waals surface area contributed by atoms with E-state index in [0.29, 0.717) is 11.5 Å². The molecule has 1 heterocycles. The lowest BCUT2D eigenvalue weighted by atomic mass is 10.4. The maximum atomic E-state index is 8.82. The minimum Gasteiger partial charge on any atom is -0.506 e. The number of aromatic nitrogens is 1. The van der Waals surface area contributed by atoms with Gasteiger partial charge in [-0.1, -0.05) is 13.8 Å². The molecule has 0 aromatic carbocycles. The first-order chi connectivity index (χ1) is 5.74. The van der Waals surface area contributed by atoms with Gasteiger partial charge in [0.2, 0.25) is 0 Å². The number of hydrazine groups is 1. The van der Waals surface area contributed by atoms with Gasteiger partial charge in [0.05, 0.1) is 11.9 Å². The zero-order chi connectivity index (χ0) is 9.56. The van der Waals surface area contributed by atoms with E-state index in [-0.39, 0.29) is 5.75 Å². The number of rotatable bonds is 1. The summed E-state index contributed by atoms with van der Waals surface area (Å²) < 4.78 is 0. The van der Waals surface area contributed by atoms with Gasteiger partial charge in [0.25, 0.3) is 0 Å². The summed E-state index contributed by atoms with van der Waals surface area (Å²) in [5, 5.41) is 8.82. The molecular formula is C7H14N4O. The van der Waals surface area contributed by atoms with Crippen LogP contribution < -0.4 is 17.0 Å². The summed E-state index contributed by atoms with van der Waals surface area (Å²) in [5.74, 6) is 5.41. The monoisotopic (exact) mass is 170 g/mol. The molecule has 0 spiro atoms. The Kier molecular flexibility index (Phi) is 4.55. The van der Waals surface area contributed by atoms with Crippen molar-refractivity contribution in [1.29, 1.82) is 0 Å². The Morgan fingerprint density at radius 2 is 2.08 bits per heavy atom. The number of nitrogens with zero attached hydrogens (tertiary/aromatic N) is 1. The van der Waals surface area contributed by atoms with Crippen LogP contribution in [0.4, 0.5) is 11.5 Å². The summed E-state index contributed by atoms with van der Waals surface area (Å²) in [5.41, 5.74) is 7.96. The number of hydrogen-bond acceptors (Lipinski definition) is 5. The smallest absolute Gasteiger partial charge is 0.163 e. The molecule has 6 N–H and O–H groups in total. The van der Waals surface area contributed by atoms with Crippen molar-refractivity contribution < 1.29 is 5.11 Å². The topological polar surface area (TPSA) is 97.2 Å². The molecule has 1 rings (SSSR count). The summed E-state index contributed by atoms with van der Waals surface area (Å²) in [4.78, 5) is 3.69. The van der Waals surface area contributed by atoms with E-state index in [0.717, 1.165) is 0 Å². The van der Waals surface area contributed by atoms with Crippen LogP contribution >= 0.6 is 0 Å². The van der Waals surface area contributed by atoms with Crippen molar-refractivity contribution in [1.82, 2.24) is 4.98 Å². The number of aromatic hydroxyl groups is 1. The fourth-order valence-electron chi connectivity index (χ4n) is 0.591. The number of anilines is 2. The van der Waals surface area contributed by atoms with Gasteiger partial charge in [0, 0.05) is 6.07 Å². The highest BCUT2D eigenvalue weighted by Gasteiger charge is 1.97. The van der Waals surface area contributed by atoms with E-state index in [9.17, 15) is 0 Å². The molecule has 1 aromatic heterocycles. The maximum Gasteiger partial charge on any atom is 0.163 e. The quantitative estimate of drug-likeness (QED) is 0.367. The lowest BCUT2D eigenvalue weighted by molar-refractivity contribution is 0.473. The van der Waals surface area contributed by atoms with E-state index in [1.807, 2.05) is 13.8 Å². The molecule has 68 valence electrons. The lowest BCUT2D eigenvalue weighted by Gasteiger charge is -2.01. The van der Waals surface area contributed by atoms with Gasteiger partial charge < -0.3 is 16.3 Å². The molecule has 0 bridgehead atoms. The average Bonchev–Trinajstić information content (AvgIpc) is 2.08. The molecule has 0 saturated carbocycles. The molecule has 0 fully saturated rings. The van der Waals surface area contributed by atoms with Gasteiger partial charge in [-0.2, -0.15) is 0 Å². The van der Waals surface area contributed by atoms with E-state index < -0.39 is 0 Å². The molecule has 0 unspecified atom stereocenters. The largest absolute Gasteiger partial charge is 0.506 e. The van der Waals surface area contributed by atoms with Crippen LogP contribution in [0.25, 0.3) is 0 Å². The molecule has 5 nitrogen and oxygen atoms in total. The second-order valence-corrected chi connectivity index (χ2v) is 1.78. The second kappa shape index (κ2) is 5.20. The van der Waals surface area contributed by atoms with E-state index in [4.69, 9.17) is 16.7 Å². The molecule has 12 heavy (non-hydrogen) atoms. The van der Waals surface area contributed by atoms with Gasteiger partial charge in [-0.15, -0.1) is 0 Å². The van der Waals surface area contributed by atoms with Crippen molar-refractivity contribution in [2.75, 3.05) is 11.2 Å². The van der Waals surface area contributed by atoms with Crippen LogP contribution in [0.1, 0.15) is 13.8 Å². The zero-order valence-corrected chi connectivity index (χ0v) is 7.20. The van der Waals surface area contributed by atoms with E-state index in [2.05, 4.69) is 10.4 Å². The Labute approximate surface area is 71.4 Å². The summed E-state index contributed by atoms with van der Waals surface area (Å²) in [7, 11) is 0. The Hall–Kier alpha value is -1.49. The van der Waals surface area contributed by atoms with Crippen molar-refractivity contribution in [3.8, 4) is 5.75 Å². The Morgan fingerprint density at radius 3 is 2.50 bits per heavy atom. The van der Waals surface area contributed by atoms with Crippen molar-refractivity contribution in [3.05, 3.63) is 12.3 Å². The first-order valence-electron chi connectivity index (χ1n) is 3.65. The van der Waals surface area contributed by atoms with Crippen molar-refractivity contribution in [3.63, 3.8) is 0 Å². The molecular weight excluding hydrogens is 156 g/mol. The molecule has 0 saturated heterocycles. The fraction of sp³-hybridized carbons (Fsp3) is 0.286. The molecule has 0 atom stereocenters. The standard InChI is InChI=1S/C5H8N4O.C2H6/c6-4-1-3(10)2-8-5(4)9-7;1-2/h1-2,10H,6-7H2,(H,8,9);1-2H3. The second-order valence-electron chi connectivity index (χ2n) is 1.78. The van der Waals surface area contributed by atoms with Crippen LogP contribution in [0.5, 0.6) is 5.75 Å². The van der Waals surface area contributed by atoms with E-state index in [1.165, 1.54) is 12.3 Å². The zero-order valence-electron chi connectivity index (χ0n) is 7.20. The van der Waals surface area contributed by atoms with Gasteiger partial charge in [-0.05, 0) is 0 Å². The van der Waals surface area contributed by atoms with Crippen molar-refractivity contribution >= 4 is 11.5 Å². The van der Waals surface area contributed by atoms with Crippen LogP contribution in [0, 0.1) is 0 Å². The van der Waals surface area contributed by atoms with Gasteiger partial charge in [-0.3, -0.25) is 0 Å². The highest BCUT2D eigenvalue weighted by molar-refractivity contribution is 5.61. The lowest BCUT2D eigenvalue weighted by Crippen LogP contribution is -2.10. The number of nitrogens with two attached hydrogens (primary N) is 2. The number of nitrogens with one attached hydrogen (secondary N) is 1. The molecule has 5 heteroatoms. The van der Waals surface area contributed by atoms with Crippen LogP contribution in [0.2, 0.25) is 0 Å². The number of nitrogen functional groups attached to an aromatic ring is 2. The van der Waals surface area contributed by atoms with Crippen LogP contribution in [-0.4, -0.2) is 10.1 Å². The predicted molar refractivity (Wildman–Crippen MR) is 49.5 cm³/mol. The van der Waals surface area contributed by atoms with E-state index >= 15 is 0 Å². The molecule has 0 amide bonds. The molecule has 0 aliphatic rings. The SMILES string of the molecule is CC.NNc1ncc(O)cc1N. The predicted octanol–water partition coefficient (Wildman–Crippen LogP) is 0.681. The maximum absolute atomic E-state index is 8.82. The Balaban J connectivity index is 0.000000561. The highest BCUT2D eigenvalue weighted by Crippen LogP contribution is 2.18. The third kappa shape index (κ3) is 2.63. The summed E-state index contributed by atoms with van der Waals surface area (Å²) >= 11 is 0. The molecule has 1 aromatic rings. The first kappa shape index (κ1) is 10.5. The van der Waals surface area contributed by atoms with Crippen molar-refractivity contribution in [2.45, 2.75) is 13.8 Å². The van der Waals surface area contributed by atoms with Crippen LogP contribution in [-0.2, 0) is 0 Å². The van der Waals surface area contributed by atoms with Gasteiger partial charge >= 0.3 is 0 Å². The first-order valence-corrected chi connectivity index (χ1v) is 3.65. The van der Waals surface area contributed by atoms with Gasteiger partial charge in [0.15, 0.2) is 5.82 Å². The third-order valence-corrected chi connectivity index (χ3v) is 1.04. The minimum absolute atomic E-state index is 0.0245. The highest BCUT2D eigenvalue weighted by atomic mass is 16.3. The van der Waals surface area contributed by atoms with Crippen LogP contribution in [0.3, 0.4) is 0 Å². The minimum atomic E-state index is 0.0245. The van der Waals surface area contributed by atoms with Gasteiger partial charge in [-0.25, -0.2) is 10.8 Å². The summed E-state index contributed by atoms with van der Waals surface area (Å²) in [6, 6.07) is 1.36. The third-order valence-electron chi connectivity index (χ3n) is 1.04. The Morgan fingerprint density at radius 1 is 1.50 bits per heavy atom. The van der Waals surface area contributed by atoms with Gasteiger partial charge in [0.1, 0.15) is 5.75 Å². The molecule has 0 radical (unpaired) electrons. The van der Waals surface area contributed by atoms with Crippen LogP contribution in [0.15, 0.2) is 12.3 Å². The summed E-state index contributed by atoms with van der Waals surface area (Å²) in [6.45, 7) is 4.00. The number of hydrogen-bond donors (Lipinski definition) is 4. The van der Waals surface area contributed by atoms with E-state index in [1.54, 1.807) is 0 Å². The normalized spacial score (nSPS) is 8.25. The molecule has 0 aliphatic heterocycles.